The number of likely N-dealkylation sites (tertiary alicyclic amines) is 1. The lowest BCUT2D eigenvalue weighted by Gasteiger charge is -2.25. The van der Waals surface area contributed by atoms with Crippen LogP contribution in [-0.4, -0.2) is 30.6 Å². The molecule has 2 rings (SSSR count). The van der Waals surface area contributed by atoms with E-state index < -0.39 is 0 Å². The topological polar surface area (TPSA) is 29.5 Å². The van der Waals surface area contributed by atoms with Crippen LogP contribution in [0, 0.1) is 0 Å². The highest BCUT2D eigenvalue weighted by Crippen LogP contribution is 2.26. The van der Waals surface area contributed by atoms with E-state index in [2.05, 4.69) is 4.90 Å². The SMILES string of the molecule is CCOC(=O)[C@@H](c1ccccc1)N1CCCC1. The minimum absolute atomic E-state index is 0.124. The molecule has 1 fully saturated rings. The fourth-order valence-electron chi connectivity index (χ4n) is 2.35. The summed E-state index contributed by atoms with van der Waals surface area (Å²) in [7, 11) is 0. The molecule has 0 aliphatic carbocycles. The maximum atomic E-state index is 12.1. The maximum Gasteiger partial charge on any atom is 0.327 e. The van der Waals surface area contributed by atoms with Gasteiger partial charge in [-0.2, -0.15) is 0 Å². The van der Waals surface area contributed by atoms with E-state index in [0.29, 0.717) is 6.61 Å². The molecule has 3 nitrogen and oxygen atoms in total. The Labute approximate surface area is 102 Å². The number of hydrogen-bond donors (Lipinski definition) is 0. The van der Waals surface area contributed by atoms with E-state index >= 15 is 0 Å². The third-order valence-corrected chi connectivity index (χ3v) is 3.13. The number of rotatable bonds is 4. The van der Waals surface area contributed by atoms with Crippen LogP contribution in [0.3, 0.4) is 0 Å². The Balaban J connectivity index is 2.20. The van der Waals surface area contributed by atoms with Gasteiger partial charge in [0.2, 0.25) is 0 Å². The molecule has 0 spiro atoms. The molecule has 1 aliphatic rings. The number of carbonyl (C=O) groups excluding carboxylic acids is 1. The molecule has 0 radical (unpaired) electrons. The Kier molecular flexibility index (Phi) is 4.15. The van der Waals surface area contributed by atoms with Crippen molar-refractivity contribution in [2.24, 2.45) is 0 Å². The second-order valence-electron chi connectivity index (χ2n) is 4.31. The van der Waals surface area contributed by atoms with Crippen LogP contribution in [0.1, 0.15) is 31.4 Å². The van der Waals surface area contributed by atoms with E-state index in [1.807, 2.05) is 37.3 Å². The number of ether oxygens (including phenoxy) is 1. The van der Waals surface area contributed by atoms with E-state index in [1.54, 1.807) is 0 Å². The molecule has 1 saturated heterocycles. The van der Waals surface area contributed by atoms with Crippen molar-refractivity contribution in [3.05, 3.63) is 35.9 Å². The van der Waals surface area contributed by atoms with Crippen molar-refractivity contribution in [3.8, 4) is 0 Å². The minimum Gasteiger partial charge on any atom is -0.465 e. The van der Waals surface area contributed by atoms with E-state index in [9.17, 15) is 4.79 Å². The van der Waals surface area contributed by atoms with Crippen LogP contribution in [0.25, 0.3) is 0 Å². The first-order valence-electron chi connectivity index (χ1n) is 6.28. The average molecular weight is 233 g/mol. The number of nitrogens with zero attached hydrogens (tertiary/aromatic N) is 1. The zero-order valence-electron chi connectivity index (χ0n) is 10.3. The van der Waals surface area contributed by atoms with Crippen molar-refractivity contribution in [3.63, 3.8) is 0 Å². The first-order chi connectivity index (χ1) is 8.33. The number of esters is 1. The van der Waals surface area contributed by atoms with Gasteiger partial charge in [0.1, 0.15) is 6.04 Å². The van der Waals surface area contributed by atoms with Gasteiger partial charge < -0.3 is 4.74 Å². The summed E-state index contributed by atoms with van der Waals surface area (Å²) in [4.78, 5) is 14.3. The van der Waals surface area contributed by atoms with Crippen LogP contribution < -0.4 is 0 Å². The molecule has 0 saturated carbocycles. The third kappa shape index (κ3) is 2.86. The predicted molar refractivity (Wildman–Crippen MR) is 66.6 cm³/mol. The molecule has 92 valence electrons. The summed E-state index contributed by atoms with van der Waals surface area (Å²) in [6.07, 6.45) is 2.34. The van der Waals surface area contributed by atoms with Crippen molar-refractivity contribution in [1.29, 1.82) is 0 Å². The summed E-state index contributed by atoms with van der Waals surface area (Å²) in [6.45, 7) is 4.26. The summed E-state index contributed by atoms with van der Waals surface area (Å²) in [6, 6.07) is 9.68. The molecule has 17 heavy (non-hydrogen) atoms. The van der Waals surface area contributed by atoms with Gasteiger partial charge in [-0.25, -0.2) is 4.79 Å². The van der Waals surface area contributed by atoms with E-state index in [4.69, 9.17) is 4.74 Å². The highest BCUT2D eigenvalue weighted by Gasteiger charge is 2.30. The fraction of sp³-hybridized carbons (Fsp3) is 0.500. The van der Waals surface area contributed by atoms with Gasteiger partial charge in [0.05, 0.1) is 6.61 Å². The Hall–Kier alpha value is -1.35. The standard InChI is InChI=1S/C14H19NO2/c1-2-17-14(16)13(15-10-6-7-11-15)12-8-4-3-5-9-12/h3-5,8-9,13H,2,6-7,10-11H2,1H3/t13-/m1/s1. The summed E-state index contributed by atoms with van der Waals surface area (Å²) in [5.41, 5.74) is 1.04. The average Bonchev–Trinajstić information content (AvgIpc) is 2.85. The van der Waals surface area contributed by atoms with Crippen LogP contribution >= 0.6 is 0 Å². The van der Waals surface area contributed by atoms with Crippen LogP contribution in [0.5, 0.6) is 0 Å². The monoisotopic (exact) mass is 233 g/mol. The molecular weight excluding hydrogens is 214 g/mol. The molecule has 3 heteroatoms. The quantitative estimate of drug-likeness (QED) is 0.748. The first-order valence-corrected chi connectivity index (χ1v) is 6.28. The lowest BCUT2D eigenvalue weighted by Crippen LogP contribution is -2.33. The van der Waals surface area contributed by atoms with Crippen LogP contribution in [0.4, 0.5) is 0 Å². The van der Waals surface area contributed by atoms with Crippen molar-refractivity contribution >= 4 is 5.97 Å². The lowest BCUT2D eigenvalue weighted by atomic mass is 10.1. The molecular formula is C14H19NO2. The molecule has 0 aromatic heterocycles. The zero-order chi connectivity index (χ0) is 12.1. The van der Waals surface area contributed by atoms with Crippen molar-refractivity contribution in [2.75, 3.05) is 19.7 Å². The summed E-state index contributed by atoms with van der Waals surface area (Å²) >= 11 is 0. The highest BCUT2D eigenvalue weighted by molar-refractivity contribution is 5.77. The molecule has 1 atom stereocenters. The molecule has 0 bridgehead atoms. The number of benzene rings is 1. The minimum atomic E-state index is -0.223. The van der Waals surface area contributed by atoms with E-state index in [1.165, 1.54) is 12.8 Å². The summed E-state index contributed by atoms with van der Waals surface area (Å²) < 4.78 is 5.19. The second-order valence-corrected chi connectivity index (χ2v) is 4.31. The van der Waals surface area contributed by atoms with E-state index in [0.717, 1.165) is 18.7 Å². The Morgan fingerprint density at radius 3 is 2.53 bits per heavy atom. The molecule has 0 unspecified atom stereocenters. The number of carbonyl (C=O) groups is 1. The zero-order valence-corrected chi connectivity index (χ0v) is 10.3. The Bertz CT molecular complexity index is 358. The predicted octanol–water partition coefficient (Wildman–Crippen LogP) is 2.39. The normalized spacial score (nSPS) is 17.9. The van der Waals surface area contributed by atoms with Gasteiger partial charge >= 0.3 is 5.97 Å². The molecule has 1 aromatic rings. The fourth-order valence-corrected chi connectivity index (χ4v) is 2.35. The largest absolute Gasteiger partial charge is 0.465 e. The van der Waals surface area contributed by atoms with Crippen molar-refractivity contribution < 1.29 is 9.53 Å². The smallest absolute Gasteiger partial charge is 0.327 e. The Morgan fingerprint density at radius 2 is 1.94 bits per heavy atom. The van der Waals surface area contributed by atoms with Crippen molar-refractivity contribution in [1.82, 2.24) is 4.90 Å². The molecule has 0 amide bonds. The van der Waals surface area contributed by atoms with Crippen LogP contribution in [0.2, 0.25) is 0 Å². The second kappa shape index (κ2) is 5.82. The van der Waals surface area contributed by atoms with Gasteiger partial charge in [-0.15, -0.1) is 0 Å². The molecule has 1 aliphatic heterocycles. The summed E-state index contributed by atoms with van der Waals surface area (Å²) in [5.74, 6) is -0.124. The van der Waals surface area contributed by atoms with Gasteiger partial charge in [-0.3, -0.25) is 4.90 Å². The van der Waals surface area contributed by atoms with Crippen LogP contribution in [-0.2, 0) is 9.53 Å². The lowest BCUT2D eigenvalue weighted by molar-refractivity contribution is -0.149. The maximum absolute atomic E-state index is 12.1. The van der Waals surface area contributed by atoms with Gasteiger partial charge in [-0.05, 0) is 38.4 Å². The molecule has 1 aromatic carbocycles. The molecule has 1 heterocycles. The number of hydrogen-bond acceptors (Lipinski definition) is 3. The van der Waals surface area contributed by atoms with Crippen molar-refractivity contribution in [2.45, 2.75) is 25.8 Å². The molecule has 0 N–H and O–H groups in total. The highest BCUT2D eigenvalue weighted by atomic mass is 16.5. The first kappa shape index (κ1) is 12.1. The van der Waals surface area contributed by atoms with Crippen LogP contribution in [0.15, 0.2) is 30.3 Å². The van der Waals surface area contributed by atoms with E-state index in [-0.39, 0.29) is 12.0 Å². The van der Waals surface area contributed by atoms with Gasteiger partial charge in [0, 0.05) is 0 Å². The van der Waals surface area contributed by atoms with Gasteiger partial charge in [0.15, 0.2) is 0 Å². The van der Waals surface area contributed by atoms with Gasteiger partial charge in [-0.1, -0.05) is 30.3 Å². The Morgan fingerprint density at radius 1 is 1.29 bits per heavy atom. The summed E-state index contributed by atoms with van der Waals surface area (Å²) in [5, 5.41) is 0. The third-order valence-electron chi connectivity index (χ3n) is 3.13. The van der Waals surface area contributed by atoms with Gasteiger partial charge in [0.25, 0.3) is 0 Å².